The van der Waals surface area contributed by atoms with Gasteiger partial charge in [-0.3, -0.25) is 0 Å². The van der Waals surface area contributed by atoms with Gasteiger partial charge in [0, 0.05) is 29.9 Å². The van der Waals surface area contributed by atoms with Crippen LogP contribution < -0.4 is 15.8 Å². The average Bonchev–Trinajstić information content (AvgIpc) is 3.15. The Labute approximate surface area is 143 Å². The monoisotopic (exact) mass is 344 g/mol. The first-order chi connectivity index (χ1) is 11.7. The molecule has 0 atom stereocenters. The van der Waals surface area contributed by atoms with Gasteiger partial charge in [0.05, 0.1) is 19.0 Å². The van der Waals surface area contributed by atoms with E-state index in [2.05, 4.69) is 20.4 Å². The van der Waals surface area contributed by atoms with Crippen LogP contribution in [-0.2, 0) is 0 Å². The van der Waals surface area contributed by atoms with E-state index in [-0.39, 0.29) is 0 Å². The molecular weight excluding hydrogens is 324 g/mol. The van der Waals surface area contributed by atoms with E-state index in [1.807, 2.05) is 22.8 Å². The fourth-order valence-corrected chi connectivity index (χ4v) is 3.85. The SMILES string of the molecule is COc1ccc(-c2cn3nc(NC4CCC(N)CC4)sc3n2)cn1. The van der Waals surface area contributed by atoms with Crippen LogP contribution in [0.3, 0.4) is 0 Å². The fourth-order valence-electron chi connectivity index (χ4n) is 2.99. The summed E-state index contributed by atoms with van der Waals surface area (Å²) in [7, 11) is 1.60. The highest BCUT2D eigenvalue weighted by molar-refractivity contribution is 7.20. The highest BCUT2D eigenvalue weighted by atomic mass is 32.1. The van der Waals surface area contributed by atoms with Gasteiger partial charge in [0.1, 0.15) is 0 Å². The summed E-state index contributed by atoms with van der Waals surface area (Å²) in [5.41, 5.74) is 7.77. The Hall–Kier alpha value is -2.19. The lowest BCUT2D eigenvalue weighted by Gasteiger charge is -2.26. The number of hydrogen-bond acceptors (Lipinski definition) is 7. The number of rotatable bonds is 4. The maximum Gasteiger partial charge on any atom is 0.214 e. The molecule has 3 aromatic heterocycles. The van der Waals surface area contributed by atoms with E-state index in [0.717, 1.165) is 47.0 Å². The molecule has 1 aliphatic rings. The van der Waals surface area contributed by atoms with E-state index in [9.17, 15) is 0 Å². The van der Waals surface area contributed by atoms with Crippen molar-refractivity contribution in [3.63, 3.8) is 0 Å². The first kappa shape index (κ1) is 15.3. The molecule has 0 spiro atoms. The Balaban J connectivity index is 1.49. The van der Waals surface area contributed by atoms with E-state index in [1.54, 1.807) is 24.6 Å². The molecule has 0 unspecified atom stereocenters. The summed E-state index contributed by atoms with van der Waals surface area (Å²) in [6.45, 7) is 0. The first-order valence-corrected chi connectivity index (χ1v) is 8.91. The largest absolute Gasteiger partial charge is 0.481 e. The minimum atomic E-state index is 0.359. The lowest BCUT2D eigenvalue weighted by molar-refractivity contribution is 0.398. The zero-order chi connectivity index (χ0) is 16.5. The summed E-state index contributed by atoms with van der Waals surface area (Å²) >= 11 is 1.57. The number of hydrogen-bond donors (Lipinski definition) is 2. The molecule has 3 heterocycles. The van der Waals surface area contributed by atoms with Gasteiger partial charge < -0.3 is 15.8 Å². The van der Waals surface area contributed by atoms with Crippen molar-refractivity contribution in [1.29, 1.82) is 0 Å². The van der Waals surface area contributed by atoms with E-state index in [0.29, 0.717) is 18.0 Å². The van der Waals surface area contributed by atoms with Crippen LogP contribution in [0.4, 0.5) is 5.13 Å². The fraction of sp³-hybridized carbons (Fsp3) is 0.438. The van der Waals surface area contributed by atoms with Crippen molar-refractivity contribution >= 4 is 21.4 Å². The number of imidazole rings is 1. The van der Waals surface area contributed by atoms with Gasteiger partial charge in [0.25, 0.3) is 0 Å². The third-order valence-electron chi connectivity index (χ3n) is 4.38. The predicted octanol–water partition coefficient (Wildman–Crippen LogP) is 2.54. The van der Waals surface area contributed by atoms with E-state index >= 15 is 0 Å². The Morgan fingerprint density at radius 2 is 2.12 bits per heavy atom. The quantitative estimate of drug-likeness (QED) is 0.756. The zero-order valence-corrected chi connectivity index (χ0v) is 14.3. The van der Waals surface area contributed by atoms with Crippen LogP contribution in [0, 0.1) is 0 Å². The van der Waals surface area contributed by atoms with Crippen molar-refractivity contribution in [3.8, 4) is 17.1 Å². The highest BCUT2D eigenvalue weighted by Gasteiger charge is 2.20. The van der Waals surface area contributed by atoms with Crippen LogP contribution >= 0.6 is 11.3 Å². The molecule has 24 heavy (non-hydrogen) atoms. The summed E-state index contributed by atoms with van der Waals surface area (Å²) in [6.07, 6.45) is 8.05. The molecule has 4 rings (SSSR count). The van der Waals surface area contributed by atoms with Crippen LogP contribution in [0.15, 0.2) is 24.5 Å². The molecule has 0 aliphatic heterocycles. The maximum atomic E-state index is 5.96. The minimum Gasteiger partial charge on any atom is -0.481 e. The molecule has 3 N–H and O–H groups in total. The summed E-state index contributed by atoms with van der Waals surface area (Å²) in [5, 5.41) is 9.02. The van der Waals surface area contributed by atoms with Crippen LogP contribution in [0.2, 0.25) is 0 Å². The molecule has 0 radical (unpaired) electrons. The maximum absolute atomic E-state index is 5.96. The van der Waals surface area contributed by atoms with Crippen molar-refractivity contribution in [2.75, 3.05) is 12.4 Å². The molecule has 7 nitrogen and oxygen atoms in total. The highest BCUT2D eigenvalue weighted by Crippen LogP contribution is 2.27. The molecule has 126 valence electrons. The van der Waals surface area contributed by atoms with Crippen molar-refractivity contribution in [2.45, 2.75) is 37.8 Å². The Kier molecular flexibility index (Phi) is 4.07. The molecule has 0 saturated heterocycles. The third kappa shape index (κ3) is 3.07. The van der Waals surface area contributed by atoms with E-state index in [4.69, 9.17) is 10.5 Å². The standard InChI is InChI=1S/C16H20N6OS/c1-23-14-7-2-10(8-18-14)13-9-22-16(20-13)24-15(21-22)19-12-5-3-11(17)4-6-12/h2,7-9,11-12H,3-6,17H2,1H3,(H,19,21). The summed E-state index contributed by atoms with van der Waals surface area (Å²) in [5.74, 6) is 0.594. The molecule has 0 bridgehead atoms. The van der Waals surface area contributed by atoms with Gasteiger partial charge >= 0.3 is 0 Å². The van der Waals surface area contributed by atoms with Crippen LogP contribution in [0.1, 0.15) is 25.7 Å². The Morgan fingerprint density at radius 3 is 2.79 bits per heavy atom. The number of fused-ring (bicyclic) bond motifs is 1. The molecule has 0 amide bonds. The number of nitrogens with one attached hydrogen (secondary N) is 1. The number of methoxy groups -OCH3 is 1. The van der Waals surface area contributed by atoms with E-state index in [1.165, 1.54) is 0 Å². The lowest BCUT2D eigenvalue weighted by Crippen LogP contribution is -2.32. The second-order valence-electron chi connectivity index (χ2n) is 6.11. The number of anilines is 1. The smallest absolute Gasteiger partial charge is 0.214 e. The topological polar surface area (TPSA) is 90.4 Å². The molecule has 1 saturated carbocycles. The summed E-state index contributed by atoms with van der Waals surface area (Å²) < 4.78 is 6.90. The van der Waals surface area contributed by atoms with Gasteiger partial charge in [-0.25, -0.2) is 14.5 Å². The van der Waals surface area contributed by atoms with Crippen molar-refractivity contribution < 1.29 is 4.74 Å². The molecule has 0 aromatic carbocycles. The van der Waals surface area contributed by atoms with Crippen molar-refractivity contribution in [1.82, 2.24) is 19.6 Å². The van der Waals surface area contributed by atoms with Gasteiger partial charge in [0.2, 0.25) is 16.0 Å². The normalized spacial score (nSPS) is 21.1. The number of pyridine rings is 1. The van der Waals surface area contributed by atoms with Crippen LogP contribution in [-0.4, -0.2) is 38.8 Å². The summed E-state index contributed by atoms with van der Waals surface area (Å²) in [4.78, 5) is 9.73. The second-order valence-corrected chi connectivity index (χ2v) is 7.06. The zero-order valence-electron chi connectivity index (χ0n) is 13.5. The number of nitrogens with two attached hydrogens (primary N) is 1. The van der Waals surface area contributed by atoms with Crippen molar-refractivity contribution in [3.05, 3.63) is 24.5 Å². The van der Waals surface area contributed by atoms with Gasteiger partial charge in [-0.05, 0) is 31.7 Å². The Morgan fingerprint density at radius 1 is 1.29 bits per heavy atom. The molecule has 3 aromatic rings. The molecule has 1 aliphatic carbocycles. The molecule has 1 fully saturated rings. The van der Waals surface area contributed by atoms with Gasteiger partial charge in [0.15, 0.2) is 0 Å². The van der Waals surface area contributed by atoms with Gasteiger partial charge in [-0.1, -0.05) is 11.3 Å². The lowest BCUT2D eigenvalue weighted by atomic mass is 9.92. The van der Waals surface area contributed by atoms with Crippen molar-refractivity contribution in [2.24, 2.45) is 5.73 Å². The number of aromatic nitrogens is 4. The van der Waals surface area contributed by atoms with E-state index < -0.39 is 0 Å². The predicted molar refractivity (Wildman–Crippen MR) is 94.5 cm³/mol. The molecular formula is C16H20N6OS. The van der Waals surface area contributed by atoms with Gasteiger partial charge in [-0.2, -0.15) is 0 Å². The van der Waals surface area contributed by atoms with Crippen LogP contribution in [0.5, 0.6) is 5.88 Å². The van der Waals surface area contributed by atoms with Crippen LogP contribution in [0.25, 0.3) is 16.2 Å². The first-order valence-electron chi connectivity index (χ1n) is 8.10. The number of ether oxygens (including phenoxy) is 1. The average molecular weight is 344 g/mol. The van der Waals surface area contributed by atoms with Gasteiger partial charge in [-0.15, -0.1) is 5.10 Å². The second kappa shape index (κ2) is 6.37. The third-order valence-corrected chi connectivity index (χ3v) is 5.24. The molecule has 8 heteroatoms. The number of nitrogens with zero attached hydrogens (tertiary/aromatic N) is 4. The Bertz CT molecular complexity index is 787. The summed E-state index contributed by atoms with van der Waals surface area (Å²) in [6, 6.07) is 4.60. The minimum absolute atomic E-state index is 0.359.